The van der Waals surface area contributed by atoms with Crippen LogP contribution in [0.2, 0.25) is 0 Å². The first-order valence-corrected chi connectivity index (χ1v) is 4.54. The zero-order valence-electron chi connectivity index (χ0n) is 8.30. The van der Waals surface area contributed by atoms with Crippen LogP contribution in [0.15, 0.2) is 0 Å². The number of amides is 4. The van der Waals surface area contributed by atoms with Gasteiger partial charge in [-0.3, -0.25) is 9.59 Å². The van der Waals surface area contributed by atoms with Gasteiger partial charge in [-0.25, -0.2) is 14.5 Å². The topological polar surface area (TPSA) is 130 Å². The van der Waals surface area contributed by atoms with Gasteiger partial charge >= 0.3 is 12.0 Å². The van der Waals surface area contributed by atoms with Gasteiger partial charge in [0.05, 0.1) is 6.54 Å². The molecule has 1 fully saturated rings. The molecule has 1 saturated heterocycles. The van der Waals surface area contributed by atoms with Crippen LogP contribution < -0.4 is 11.1 Å². The third-order valence-electron chi connectivity index (χ3n) is 2.14. The Labute approximate surface area is 90.4 Å². The summed E-state index contributed by atoms with van der Waals surface area (Å²) in [5.74, 6) is -2.65. The van der Waals surface area contributed by atoms with E-state index in [-0.39, 0.29) is 19.4 Å². The average Bonchev–Trinajstić information content (AvgIpc) is 2.48. The van der Waals surface area contributed by atoms with Crippen LogP contribution in [-0.4, -0.2) is 46.4 Å². The zero-order valence-corrected chi connectivity index (χ0v) is 8.30. The Morgan fingerprint density at radius 1 is 1.50 bits per heavy atom. The number of hydrogen-bond donors (Lipinski definition) is 3. The number of nitrogens with two attached hydrogens (primary N) is 1. The van der Waals surface area contributed by atoms with E-state index in [2.05, 4.69) is 5.32 Å². The molecular weight excluding hydrogens is 218 g/mol. The Morgan fingerprint density at radius 3 is 2.50 bits per heavy atom. The summed E-state index contributed by atoms with van der Waals surface area (Å²) in [6.45, 7) is -0.223. The summed E-state index contributed by atoms with van der Waals surface area (Å²) in [6.07, 6.45) is -0.377. The molecule has 0 spiro atoms. The molecule has 4 N–H and O–H groups in total. The first-order valence-electron chi connectivity index (χ1n) is 4.54. The summed E-state index contributed by atoms with van der Waals surface area (Å²) in [5, 5.41) is 11.1. The molecule has 1 aliphatic heterocycles. The lowest BCUT2D eigenvalue weighted by Crippen LogP contribution is -2.45. The molecule has 0 aromatic heterocycles. The van der Waals surface area contributed by atoms with Gasteiger partial charge in [0, 0.05) is 6.42 Å². The van der Waals surface area contributed by atoms with Gasteiger partial charge in [0.2, 0.25) is 5.91 Å². The molecule has 0 saturated carbocycles. The molecule has 0 aromatic carbocycles. The van der Waals surface area contributed by atoms with Crippen molar-refractivity contribution in [1.29, 1.82) is 0 Å². The molecule has 1 unspecified atom stereocenters. The SMILES string of the molecule is NC(=O)CCC(C(=O)O)N1C(=O)CNC1=O. The first kappa shape index (κ1) is 12.0. The van der Waals surface area contributed by atoms with Gasteiger partial charge < -0.3 is 16.2 Å². The molecule has 0 aliphatic carbocycles. The van der Waals surface area contributed by atoms with E-state index in [4.69, 9.17) is 10.8 Å². The lowest BCUT2D eigenvalue weighted by molar-refractivity contribution is -0.146. The second-order valence-corrected chi connectivity index (χ2v) is 3.28. The molecule has 1 rings (SSSR count). The summed E-state index contributed by atoms with van der Waals surface area (Å²) in [4.78, 5) is 44.4. The fourth-order valence-corrected chi connectivity index (χ4v) is 1.39. The number of hydrogen-bond acceptors (Lipinski definition) is 4. The van der Waals surface area contributed by atoms with Crippen molar-refractivity contribution >= 4 is 23.8 Å². The highest BCUT2D eigenvalue weighted by atomic mass is 16.4. The highest BCUT2D eigenvalue weighted by Crippen LogP contribution is 2.11. The van der Waals surface area contributed by atoms with Crippen LogP contribution in [0.25, 0.3) is 0 Å². The van der Waals surface area contributed by atoms with Crippen LogP contribution in [0.4, 0.5) is 4.79 Å². The fraction of sp³-hybridized carbons (Fsp3) is 0.500. The van der Waals surface area contributed by atoms with Gasteiger partial charge in [-0.05, 0) is 6.42 Å². The summed E-state index contributed by atoms with van der Waals surface area (Å²) in [6, 6.07) is -2.11. The van der Waals surface area contributed by atoms with Crippen molar-refractivity contribution in [3.05, 3.63) is 0 Å². The van der Waals surface area contributed by atoms with Crippen molar-refractivity contribution in [2.24, 2.45) is 5.73 Å². The van der Waals surface area contributed by atoms with E-state index < -0.39 is 29.9 Å². The Bertz CT molecular complexity index is 338. The Kier molecular flexibility index (Phi) is 3.44. The van der Waals surface area contributed by atoms with Gasteiger partial charge in [-0.2, -0.15) is 0 Å². The molecule has 16 heavy (non-hydrogen) atoms. The standard InChI is InChI=1S/C8H11N3O5/c9-5(12)2-1-4(7(14)15)11-6(13)3-10-8(11)16/h4H,1-3H2,(H2,9,12)(H,10,16)(H,14,15). The van der Waals surface area contributed by atoms with Crippen LogP contribution in [0.3, 0.4) is 0 Å². The summed E-state index contributed by atoms with van der Waals surface area (Å²) < 4.78 is 0. The predicted octanol–water partition coefficient (Wildman–Crippen LogP) is -1.74. The van der Waals surface area contributed by atoms with E-state index in [1.165, 1.54) is 0 Å². The van der Waals surface area contributed by atoms with Crippen molar-refractivity contribution < 1.29 is 24.3 Å². The summed E-state index contributed by atoms with van der Waals surface area (Å²) in [7, 11) is 0. The number of imide groups is 1. The minimum Gasteiger partial charge on any atom is -0.480 e. The smallest absolute Gasteiger partial charge is 0.327 e. The number of carboxylic acids is 1. The molecule has 8 nitrogen and oxygen atoms in total. The molecule has 8 heteroatoms. The van der Waals surface area contributed by atoms with Crippen molar-refractivity contribution in [1.82, 2.24) is 10.2 Å². The highest BCUT2D eigenvalue weighted by Gasteiger charge is 2.38. The molecule has 0 radical (unpaired) electrons. The molecule has 0 aromatic rings. The number of carboxylic acid groups (broad SMARTS) is 1. The molecule has 1 heterocycles. The van der Waals surface area contributed by atoms with E-state index in [1.54, 1.807) is 0 Å². The maximum Gasteiger partial charge on any atom is 0.327 e. The molecule has 1 atom stereocenters. The number of aliphatic carboxylic acids is 1. The van der Waals surface area contributed by atoms with Gasteiger partial charge in [0.15, 0.2) is 0 Å². The Hall–Kier alpha value is -2.12. The summed E-state index contributed by atoms with van der Waals surface area (Å²) in [5.41, 5.74) is 4.87. The van der Waals surface area contributed by atoms with Crippen LogP contribution in [0.1, 0.15) is 12.8 Å². The quantitative estimate of drug-likeness (QED) is 0.481. The van der Waals surface area contributed by atoms with Gasteiger partial charge in [0.25, 0.3) is 5.91 Å². The number of rotatable bonds is 5. The minimum absolute atomic E-state index is 0.177. The number of carbonyl (C=O) groups excluding carboxylic acids is 3. The van der Waals surface area contributed by atoms with E-state index in [9.17, 15) is 19.2 Å². The van der Waals surface area contributed by atoms with Crippen LogP contribution >= 0.6 is 0 Å². The van der Waals surface area contributed by atoms with Crippen molar-refractivity contribution in [3.63, 3.8) is 0 Å². The number of primary amides is 1. The summed E-state index contributed by atoms with van der Waals surface area (Å²) >= 11 is 0. The zero-order chi connectivity index (χ0) is 12.3. The van der Waals surface area contributed by atoms with Gasteiger partial charge in [0.1, 0.15) is 6.04 Å². The van der Waals surface area contributed by atoms with Crippen LogP contribution in [0.5, 0.6) is 0 Å². The maximum absolute atomic E-state index is 11.2. The molecule has 4 amide bonds. The lowest BCUT2D eigenvalue weighted by Gasteiger charge is -2.20. The van der Waals surface area contributed by atoms with Crippen LogP contribution in [-0.2, 0) is 14.4 Å². The van der Waals surface area contributed by atoms with Crippen LogP contribution in [0, 0.1) is 0 Å². The minimum atomic E-state index is -1.34. The second-order valence-electron chi connectivity index (χ2n) is 3.28. The fourth-order valence-electron chi connectivity index (χ4n) is 1.39. The highest BCUT2D eigenvalue weighted by molar-refractivity contribution is 6.04. The van der Waals surface area contributed by atoms with Crippen molar-refractivity contribution in [2.75, 3.05) is 6.54 Å². The van der Waals surface area contributed by atoms with Gasteiger partial charge in [-0.1, -0.05) is 0 Å². The lowest BCUT2D eigenvalue weighted by atomic mass is 10.1. The number of urea groups is 1. The van der Waals surface area contributed by atoms with E-state index >= 15 is 0 Å². The van der Waals surface area contributed by atoms with Crippen molar-refractivity contribution in [2.45, 2.75) is 18.9 Å². The largest absolute Gasteiger partial charge is 0.480 e. The van der Waals surface area contributed by atoms with E-state index in [1.807, 2.05) is 0 Å². The number of carbonyl (C=O) groups is 4. The molecule has 88 valence electrons. The molecular formula is C8H11N3O5. The molecule has 0 bridgehead atoms. The van der Waals surface area contributed by atoms with E-state index in [0.29, 0.717) is 4.90 Å². The number of nitrogens with zero attached hydrogens (tertiary/aromatic N) is 1. The maximum atomic E-state index is 11.2. The van der Waals surface area contributed by atoms with Gasteiger partial charge in [-0.15, -0.1) is 0 Å². The number of nitrogens with one attached hydrogen (secondary N) is 1. The average molecular weight is 229 g/mol. The monoisotopic (exact) mass is 229 g/mol. The third-order valence-corrected chi connectivity index (χ3v) is 2.14. The second kappa shape index (κ2) is 4.60. The first-order chi connectivity index (χ1) is 7.43. The van der Waals surface area contributed by atoms with Crippen molar-refractivity contribution in [3.8, 4) is 0 Å². The Morgan fingerprint density at radius 2 is 2.12 bits per heavy atom. The normalized spacial score (nSPS) is 17.1. The third kappa shape index (κ3) is 2.47. The Balaban J connectivity index is 2.76. The van der Waals surface area contributed by atoms with E-state index in [0.717, 1.165) is 0 Å². The molecule has 1 aliphatic rings. The predicted molar refractivity (Wildman–Crippen MR) is 50.1 cm³/mol.